The fourth-order valence-electron chi connectivity index (χ4n) is 3.23. The van der Waals surface area contributed by atoms with Gasteiger partial charge in [0.05, 0.1) is 22.8 Å². The van der Waals surface area contributed by atoms with Crippen LogP contribution in [0.1, 0.15) is 43.0 Å². The minimum atomic E-state index is -0.167. The van der Waals surface area contributed by atoms with Gasteiger partial charge in [0.1, 0.15) is 17.7 Å². The van der Waals surface area contributed by atoms with E-state index in [0.717, 1.165) is 46.7 Å². The van der Waals surface area contributed by atoms with Crippen LogP contribution in [0.15, 0.2) is 30.0 Å². The van der Waals surface area contributed by atoms with Crippen LogP contribution >= 0.6 is 0 Å². The van der Waals surface area contributed by atoms with Crippen molar-refractivity contribution in [3.05, 3.63) is 47.1 Å². The number of aryl methyl sites for hydroxylation is 1. The molecule has 3 atom stereocenters. The van der Waals surface area contributed by atoms with Crippen LogP contribution in [-0.2, 0) is 6.42 Å². The first-order valence-corrected chi connectivity index (χ1v) is 8.21. The maximum atomic E-state index is 6.03. The zero-order valence-electron chi connectivity index (χ0n) is 14.1. The summed E-state index contributed by atoms with van der Waals surface area (Å²) in [7, 11) is 1.82. The molecule has 1 aromatic rings. The van der Waals surface area contributed by atoms with Crippen molar-refractivity contribution < 1.29 is 0 Å². The van der Waals surface area contributed by atoms with Crippen molar-refractivity contribution in [1.29, 1.82) is 0 Å². The Labute approximate surface area is 137 Å². The third kappa shape index (κ3) is 2.98. The predicted molar refractivity (Wildman–Crippen MR) is 90.8 cm³/mol. The lowest BCUT2D eigenvalue weighted by atomic mass is 9.73. The second kappa shape index (κ2) is 6.10. The molecule has 1 aromatic heterocycles. The minimum Gasteiger partial charge on any atom is -0.387 e. The molecule has 1 saturated carbocycles. The van der Waals surface area contributed by atoms with Crippen molar-refractivity contribution in [3.63, 3.8) is 0 Å². The first kappa shape index (κ1) is 15.6. The van der Waals surface area contributed by atoms with E-state index in [1.807, 2.05) is 20.2 Å². The number of nitrogens with zero attached hydrogens (tertiary/aromatic N) is 2. The molecule has 3 rings (SSSR count). The molecule has 0 spiro atoms. The molecule has 6 nitrogen and oxygen atoms in total. The third-order valence-electron chi connectivity index (χ3n) is 5.04. The molecule has 5 N–H and O–H groups in total. The summed E-state index contributed by atoms with van der Waals surface area (Å²) in [5.74, 6) is 2.15. The monoisotopic (exact) mass is 314 g/mol. The van der Waals surface area contributed by atoms with Crippen LogP contribution in [0.3, 0.4) is 0 Å². The average molecular weight is 314 g/mol. The normalized spacial score (nSPS) is 26.3. The highest BCUT2D eigenvalue weighted by Gasteiger charge is 2.29. The van der Waals surface area contributed by atoms with Crippen molar-refractivity contribution in [2.45, 2.75) is 39.3 Å². The van der Waals surface area contributed by atoms with Gasteiger partial charge in [-0.05, 0) is 31.6 Å². The molecule has 2 aliphatic rings. The summed E-state index contributed by atoms with van der Waals surface area (Å²) in [6.07, 6.45) is 5.42. The summed E-state index contributed by atoms with van der Waals surface area (Å²) in [6, 6.07) is 0. The van der Waals surface area contributed by atoms with Crippen LogP contribution in [0.25, 0.3) is 0 Å². The van der Waals surface area contributed by atoms with Crippen LogP contribution in [0.2, 0.25) is 0 Å². The fraction of sp³-hybridized carbons (Fsp3) is 0.529. The van der Waals surface area contributed by atoms with Crippen molar-refractivity contribution in [3.8, 4) is 0 Å². The van der Waals surface area contributed by atoms with Crippen molar-refractivity contribution in [2.24, 2.45) is 17.6 Å². The van der Waals surface area contributed by atoms with E-state index in [1.165, 1.54) is 12.8 Å². The van der Waals surface area contributed by atoms with E-state index in [9.17, 15) is 0 Å². The Balaban J connectivity index is 1.71. The van der Waals surface area contributed by atoms with E-state index in [2.05, 4.69) is 34.4 Å². The SMILES string of the molecule is C=C(NC)C1=C(N)NC(c2ncc(CC3CCC3C)nc2C)N1. The molecule has 1 aliphatic heterocycles. The molecule has 124 valence electrons. The van der Waals surface area contributed by atoms with Gasteiger partial charge in [0.25, 0.3) is 0 Å². The third-order valence-corrected chi connectivity index (χ3v) is 5.04. The Kier molecular flexibility index (Phi) is 4.15. The Morgan fingerprint density at radius 2 is 2.22 bits per heavy atom. The molecule has 1 fully saturated rings. The number of aromatic nitrogens is 2. The fourth-order valence-corrected chi connectivity index (χ4v) is 3.23. The van der Waals surface area contributed by atoms with Crippen molar-refractivity contribution >= 4 is 0 Å². The lowest BCUT2D eigenvalue weighted by Crippen LogP contribution is -2.29. The molecule has 3 unspecified atom stereocenters. The van der Waals surface area contributed by atoms with Crippen LogP contribution in [0.5, 0.6) is 0 Å². The number of hydrogen-bond acceptors (Lipinski definition) is 6. The van der Waals surface area contributed by atoms with Gasteiger partial charge in [0.2, 0.25) is 0 Å². The lowest BCUT2D eigenvalue weighted by molar-refractivity contribution is 0.194. The summed E-state index contributed by atoms with van der Waals surface area (Å²) < 4.78 is 0. The summed E-state index contributed by atoms with van der Waals surface area (Å²) in [5, 5.41) is 9.53. The first-order chi connectivity index (χ1) is 11.0. The second-order valence-corrected chi connectivity index (χ2v) is 6.59. The molecule has 0 aromatic carbocycles. The molecule has 0 bridgehead atoms. The van der Waals surface area contributed by atoms with Gasteiger partial charge >= 0.3 is 0 Å². The number of hydrogen-bond donors (Lipinski definition) is 4. The first-order valence-electron chi connectivity index (χ1n) is 8.21. The van der Waals surface area contributed by atoms with Gasteiger partial charge < -0.3 is 21.7 Å². The molecular formula is C17H26N6. The number of nitrogens with two attached hydrogens (primary N) is 1. The second-order valence-electron chi connectivity index (χ2n) is 6.59. The largest absolute Gasteiger partial charge is 0.387 e. The number of nitrogens with one attached hydrogen (secondary N) is 3. The van der Waals surface area contributed by atoms with Gasteiger partial charge in [0, 0.05) is 13.2 Å². The lowest BCUT2D eigenvalue weighted by Gasteiger charge is -2.33. The van der Waals surface area contributed by atoms with Crippen molar-refractivity contribution in [1.82, 2.24) is 25.9 Å². The highest BCUT2D eigenvalue weighted by Crippen LogP contribution is 2.35. The topological polar surface area (TPSA) is 87.9 Å². The van der Waals surface area contributed by atoms with Gasteiger partial charge in [-0.2, -0.15) is 0 Å². The van der Waals surface area contributed by atoms with E-state index in [0.29, 0.717) is 5.82 Å². The quantitative estimate of drug-likeness (QED) is 0.657. The summed E-state index contributed by atoms with van der Waals surface area (Å²) in [6.45, 7) is 8.26. The van der Waals surface area contributed by atoms with Crippen LogP contribution in [-0.4, -0.2) is 17.0 Å². The molecule has 0 amide bonds. The van der Waals surface area contributed by atoms with Gasteiger partial charge in [-0.25, -0.2) is 0 Å². The van der Waals surface area contributed by atoms with E-state index in [1.54, 1.807) is 0 Å². The smallest absolute Gasteiger partial charge is 0.144 e. The average Bonchev–Trinajstić information content (AvgIpc) is 2.92. The van der Waals surface area contributed by atoms with E-state index in [-0.39, 0.29) is 6.17 Å². The van der Waals surface area contributed by atoms with E-state index in [4.69, 9.17) is 10.7 Å². The molecule has 0 radical (unpaired) electrons. The molecule has 2 heterocycles. The summed E-state index contributed by atoms with van der Waals surface area (Å²) in [5.41, 5.74) is 10.5. The Morgan fingerprint density at radius 1 is 1.43 bits per heavy atom. The zero-order chi connectivity index (χ0) is 16.6. The zero-order valence-corrected chi connectivity index (χ0v) is 14.1. The Hall–Kier alpha value is -2.24. The number of likely N-dealkylation sites (N-methyl/N-ethyl adjacent to an activating group) is 1. The highest BCUT2D eigenvalue weighted by atomic mass is 15.3. The number of rotatable bonds is 5. The summed E-state index contributed by atoms with van der Waals surface area (Å²) >= 11 is 0. The molecular weight excluding hydrogens is 288 g/mol. The van der Waals surface area contributed by atoms with Crippen LogP contribution in [0, 0.1) is 18.8 Å². The molecule has 6 heteroatoms. The summed E-state index contributed by atoms with van der Waals surface area (Å²) in [4.78, 5) is 9.38. The van der Waals surface area contributed by atoms with E-state index < -0.39 is 0 Å². The molecule has 23 heavy (non-hydrogen) atoms. The van der Waals surface area contributed by atoms with Crippen LogP contribution in [0.4, 0.5) is 0 Å². The standard InChI is InChI=1S/C17H26N6/c1-9-5-6-12(9)7-13-8-20-15(11(3)21-13)17-22-14(10(2)19-4)16(18)23-17/h8-9,12,17,19,22-23H,2,5-7,18H2,1,3-4H3. The predicted octanol–water partition coefficient (Wildman–Crippen LogP) is 1.43. The van der Waals surface area contributed by atoms with Crippen molar-refractivity contribution in [2.75, 3.05) is 7.05 Å². The Morgan fingerprint density at radius 3 is 2.78 bits per heavy atom. The maximum absolute atomic E-state index is 6.03. The van der Waals surface area contributed by atoms with Gasteiger partial charge in [-0.15, -0.1) is 0 Å². The van der Waals surface area contributed by atoms with Gasteiger partial charge in [0.15, 0.2) is 0 Å². The maximum Gasteiger partial charge on any atom is 0.144 e. The van der Waals surface area contributed by atoms with Gasteiger partial charge in [-0.3, -0.25) is 9.97 Å². The Bertz CT molecular complexity index is 650. The highest BCUT2D eigenvalue weighted by molar-refractivity contribution is 5.35. The molecule has 1 aliphatic carbocycles. The van der Waals surface area contributed by atoms with Crippen LogP contribution < -0.4 is 21.7 Å². The van der Waals surface area contributed by atoms with Gasteiger partial charge in [-0.1, -0.05) is 19.9 Å². The molecule has 0 saturated heterocycles. The van der Waals surface area contributed by atoms with E-state index >= 15 is 0 Å². The minimum absolute atomic E-state index is 0.167.